The zero-order chi connectivity index (χ0) is 18.3. The Bertz CT molecular complexity index is 703. The summed E-state index contributed by atoms with van der Waals surface area (Å²) in [6.07, 6.45) is 6.18. The Kier molecular flexibility index (Phi) is 4.48. The number of aryl methyl sites for hydroxylation is 1. The van der Waals surface area contributed by atoms with Gasteiger partial charge in [0.25, 0.3) is 0 Å². The van der Waals surface area contributed by atoms with E-state index in [9.17, 15) is 0 Å². The number of ether oxygens (including phenoxy) is 1. The predicted molar refractivity (Wildman–Crippen MR) is 104 cm³/mol. The van der Waals surface area contributed by atoms with Gasteiger partial charge in [-0.25, -0.2) is 0 Å². The van der Waals surface area contributed by atoms with Gasteiger partial charge in [0, 0.05) is 44.0 Å². The van der Waals surface area contributed by atoms with Gasteiger partial charge in [-0.05, 0) is 49.1 Å². The molecule has 1 aromatic rings. The maximum Gasteiger partial charge on any atom is 0.143 e. The number of likely N-dealkylation sites (tertiary alicyclic amines) is 1. The summed E-state index contributed by atoms with van der Waals surface area (Å²) in [4.78, 5) is 5.04. The van der Waals surface area contributed by atoms with Gasteiger partial charge in [-0.2, -0.15) is 5.26 Å². The number of piperidine rings is 1. The van der Waals surface area contributed by atoms with Gasteiger partial charge >= 0.3 is 0 Å². The lowest BCUT2D eigenvalue weighted by molar-refractivity contribution is -0.0543. The molecule has 140 valence electrons. The lowest BCUT2D eigenvalue weighted by atomic mass is 9.59. The minimum absolute atomic E-state index is 0.279. The predicted octanol–water partition coefficient (Wildman–Crippen LogP) is 3.04. The highest BCUT2D eigenvalue weighted by molar-refractivity contribution is 5.67. The summed E-state index contributed by atoms with van der Waals surface area (Å²) in [6, 6.07) is 7.32. The number of nitriles is 1. The molecular weight excluding hydrogens is 324 g/mol. The Morgan fingerprint density at radius 2 is 1.96 bits per heavy atom. The first kappa shape index (κ1) is 17.5. The van der Waals surface area contributed by atoms with Crippen molar-refractivity contribution in [1.82, 2.24) is 4.90 Å². The van der Waals surface area contributed by atoms with Gasteiger partial charge in [0.1, 0.15) is 5.75 Å². The van der Waals surface area contributed by atoms with Crippen molar-refractivity contribution < 1.29 is 4.74 Å². The third kappa shape index (κ3) is 2.91. The van der Waals surface area contributed by atoms with Crippen LogP contribution in [0.3, 0.4) is 0 Å². The SMILES string of the molecule is CCc1cc(N)c(OC)cc1N1CCC2(CC1)CC(N1CC(C#N)C1)C2. The molecule has 3 aliphatic rings. The number of benzene rings is 1. The molecule has 2 heterocycles. The van der Waals surface area contributed by atoms with E-state index in [0.29, 0.717) is 5.41 Å². The van der Waals surface area contributed by atoms with E-state index < -0.39 is 0 Å². The second kappa shape index (κ2) is 6.66. The van der Waals surface area contributed by atoms with Crippen molar-refractivity contribution in [2.24, 2.45) is 11.3 Å². The van der Waals surface area contributed by atoms with Gasteiger partial charge < -0.3 is 15.4 Å². The smallest absolute Gasteiger partial charge is 0.143 e. The highest BCUT2D eigenvalue weighted by atomic mass is 16.5. The largest absolute Gasteiger partial charge is 0.495 e. The molecule has 0 unspecified atom stereocenters. The minimum atomic E-state index is 0.279. The van der Waals surface area contributed by atoms with E-state index in [2.05, 4.69) is 34.9 Å². The van der Waals surface area contributed by atoms with Crippen molar-refractivity contribution >= 4 is 11.4 Å². The summed E-state index contributed by atoms with van der Waals surface area (Å²) in [6.45, 7) is 6.42. The third-order valence-electron chi connectivity index (χ3n) is 6.92. The van der Waals surface area contributed by atoms with Gasteiger partial charge in [-0.1, -0.05) is 6.92 Å². The quantitative estimate of drug-likeness (QED) is 0.842. The van der Waals surface area contributed by atoms with E-state index in [4.69, 9.17) is 15.7 Å². The summed E-state index contributed by atoms with van der Waals surface area (Å²) in [5, 5.41) is 8.95. The normalized spacial score (nSPS) is 23.3. The van der Waals surface area contributed by atoms with Gasteiger partial charge in [0.05, 0.1) is 24.8 Å². The van der Waals surface area contributed by atoms with Crippen LogP contribution in [0.4, 0.5) is 11.4 Å². The molecule has 1 spiro atoms. The van der Waals surface area contributed by atoms with Crippen molar-refractivity contribution in [2.75, 3.05) is 43.9 Å². The van der Waals surface area contributed by atoms with Gasteiger partial charge in [0.15, 0.2) is 0 Å². The van der Waals surface area contributed by atoms with Crippen LogP contribution in [0.1, 0.15) is 38.2 Å². The Balaban J connectivity index is 1.37. The van der Waals surface area contributed by atoms with Crippen LogP contribution in [0.15, 0.2) is 12.1 Å². The second-order valence-corrected chi connectivity index (χ2v) is 8.41. The second-order valence-electron chi connectivity index (χ2n) is 8.41. The molecule has 2 aliphatic heterocycles. The van der Waals surface area contributed by atoms with Crippen LogP contribution in [0.25, 0.3) is 0 Å². The van der Waals surface area contributed by atoms with Crippen molar-refractivity contribution in [3.05, 3.63) is 17.7 Å². The molecule has 26 heavy (non-hydrogen) atoms. The molecule has 0 amide bonds. The molecule has 0 atom stereocenters. The van der Waals surface area contributed by atoms with E-state index in [1.54, 1.807) is 7.11 Å². The number of hydrogen-bond donors (Lipinski definition) is 1. The molecule has 0 aromatic heterocycles. The van der Waals surface area contributed by atoms with Crippen LogP contribution >= 0.6 is 0 Å². The molecule has 1 saturated carbocycles. The fourth-order valence-corrected chi connectivity index (χ4v) is 5.11. The average molecular weight is 354 g/mol. The first-order valence-electron chi connectivity index (χ1n) is 9.92. The zero-order valence-electron chi connectivity index (χ0n) is 16.0. The van der Waals surface area contributed by atoms with Crippen LogP contribution in [-0.2, 0) is 6.42 Å². The molecule has 2 saturated heterocycles. The molecule has 2 N–H and O–H groups in total. The summed E-state index contributed by atoms with van der Waals surface area (Å²) in [7, 11) is 1.69. The van der Waals surface area contributed by atoms with Crippen molar-refractivity contribution in [1.29, 1.82) is 5.26 Å². The Hall–Kier alpha value is -1.93. The Morgan fingerprint density at radius 1 is 1.27 bits per heavy atom. The topological polar surface area (TPSA) is 65.5 Å². The number of methoxy groups -OCH3 is 1. The van der Waals surface area contributed by atoms with Crippen LogP contribution in [-0.4, -0.2) is 44.2 Å². The number of hydrogen-bond acceptors (Lipinski definition) is 5. The van der Waals surface area contributed by atoms with Crippen LogP contribution in [0, 0.1) is 22.7 Å². The van der Waals surface area contributed by atoms with Crippen molar-refractivity contribution in [3.63, 3.8) is 0 Å². The van der Waals surface area contributed by atoms with Crippen LogP contribution in [0.2, 0.25) is 0 Å². The molecule has 3 fully saturated rings. The van der Waals surface area contributed by atoms with Crippen LogP contribution < -0.4 is 15.4 Å². The fourth-order valence-electron chi connectivity index (χ4n) is 5.11. The molecule has 1 aromatic carbocycles. The number of anilines is 2. The van der Waals surface area contributed by atoms with E-state index in [1.165, 1.54) is 36.9 Å². The van der Waals surface area contributed by atoms with E-state index in [1.807, 2.05) is 0 Å². The Morgan fingerprint density at radius 3 is 2.54 bits per heavy atom. The molecule has 5 heteroatoms. The van der Waals surface area contributed by atoms with Crippen molar-refractivity contribution in [3.8, 4) is 11.8 Å². The van der Waals surface area contributed by atoms with E-state index in [0.717, 1.165) is 50.1 Å². The average Bonchev–Trinajstić information content (AvgIpc) is 2.59. The number of nitrogens with two attached hydrogens (primary N) is 1. The number of nitrogen functional groups attached to an aromatic ring is 1. The third-order valence-corrected chi connectivity index (χ3v) is 6.92. The molecule has 5 nitrogen and oxygen atoms in total. The fraction of sp³-hybridized carbons (Fsp3) is 0.667. The minimum Gasteiger partial charge on any atom is -0.495 e. The monoisotopic (exact) mass is 354 g/mol. The standard InChI is InChI=1S/C21H30N4O/c1-3-16-8-18(23)20(26-2)9-19(16)24-6-4-21(5-7-24)10-17(11-21)25-13-15(12-22)14-25/h8-9,15,17H,3-7,10-11,13-14,23H2,1-2H3. The zero-order valence-corrected chi connectivity index (χ0v) is 16.0. The summed E-state index contributed by atoms with van der Waals surface area (Å²) >= 11 is 0. The van der Waals surface area contributed by atoms with Crippen molar-refractivity contribution in [2.45, 2.75) is 45.1 Å². The lowest BCUT2D eigenvalue weighted by Gasteiger charge is -2.58. The molecule has 0 radical (unpaired) electrons. The highest BCUT2D eigenvalue weighted by Gasteiger charge is 2.50. The van der Waals surface area contributed by atoms with Gasteiger partial charge in [-0.3, -0.25) is 4.90 Å². The highest BCUT2D eigenvalue weighted by Crippen LogP contribution is 2.52. The first-order chi connectivity index (χ1) is 12.6. The Labute approximate surface area is 156 Å². The molecule has 4 rings (SSSR count). The first-order valence-corrected chi connectivity index (χ1v) is 9.92. The maximum atomic E-state index is 8.95. The summed E-state index contributed by atoms with van der Waals surface area (Å²) in [5.74, 6) is 1.06. The van der Waals surface area contributed by atoms with E-state index in [-0.39, 0.29) is 5.92 Å². The van der Waals surface area contributed by atoms with Gasteiger partial charge in [0.2, 0.25) is 0 Å². The molecule has 1 aliphatic carbocycles. The van der Waals surface area contributed by atoms with Gasteiger partial charge in [-0.15, -0.1) is 0 Å². The summed E-state index contributed by atoms with van der Waals surface area (Å²) in [5.41, 5.74) is 9.98. The lowest BCUT2D eigenvalue weighted by Crippen LogP contribution is -2.60. The summed E-state index contributed by atoms with van der Waals surface area (Å²) < 4.78 is 5.45. The number of rotatable bonds is 4. The van der Waals surface area contributed by atoms with Crippen LogP contribution in [0.5, 0.6) is 5.75 Å². The molecular formula is C21H30N4O. The van der Waals surface area contributed by atoms with E-state index >= 15 is 0 Å². The maximum absolute atomic E-state index is 8.95. The number of nitrogens with zero attached hydrogens (tertiary/aromatic N) is 3. The molecule has 0 bridgehead atoms.